The van der Waals surface area contributed by atoms with Crippen molar-refractivity contribution < 1.29 is 4.74 Å². The number of nitrogens with one attached hydrogen (secondary N) is 1. The Hall–Kier alpha value is -1.07. The lowest BCUT2D eigenvalue weighted by molar-refractivity contribution is 0.141. The Balaban J connectivity index is 1.89. The van der Waals surface area contributed by atoms with Crippen molar-refractivity contribution in [3.8, 4) is 0 Å². The number of ether oxygens (including phenoxy) is 1. The third-order valence-electron chi connectivity index (χ3n) is 3.48. The van der Waals surface area contributed by atoms with E-state index in [9.17, 15) is 0 Å². The van der Waals surface area contributed by atoms with Crippen molar-refractivity contribution in [1.29, 1.82) is 0 Å². The largest absolute Gasteiger partial charge is 0.382 e. The van der Waals surface area contributed by atoms with E-state index in [0.717, 1.165) is 45.2 Å². The average Bonchev–Trinajstić information content (AvgIpc) is 3.04. The third kappa shape index (κ3) is 3.23. The van der Waals surface area contributed by atoms with E-state index in [1.54, 1.807) is 0 Å². The number of hydrogen-bond acceptors (Lipinski definition) is 4. The highest BCUT2D eigenvalue weighted by Gasteiger charge is 2.22. The third-order valence-corrected chi connectivity index (χ3v) is 3.48. The normalized spacial score (nSPS) is 19.3. The van der Waals surface area contributed by atoms with Crippen LogP contribution in [0.1, 0.15) is 19.8 Å². The van der Waals surface area contributed by atoms with E-state index < -0.39 is 0 Å². The van der Waals surface area contributed by atoms with Gasteiger partial charge in [0.1, 0.15) is 0 Å². The summed E-state index contributed by atoms with van der Waals surface area (Å²) in [6.45, 7) is 6.79. The van der Waals surface area contributed by atoms with Crippen LogP contribution in [0.15, 0.2) is 12.4 Å². The predicted molar refractivity (Wildman–Crippen MR) is 73.0 cm³/mol. The molecule has 5 nitrogen and oxygen atoms in total. The second-order valence-electron chi connectivity index (χ2n) is 4.73. The summed E-state index contributed by atoms with van der Waals surface area (Å²) in [6.07, 6.45) is 6.17. The number of rotatable bonds is 7. The van der Waals surface area contributed by atoms with E-state index in [-0.39, 0.29) is 0 Å². The lowest BCUT2D eigenvalue weighted by Gasteiger charge is -2.25. The topological polar surface area (TPSA) is 42.3 Å². The molecule has 1 aliphatic heterocycles. The molecule has 1 atom stereocenters. The Morgan fingerprint density at radius 3 is 3.22 bits per heavy atom. The van der Waals surface area contributed by atoms with Crippen LogP contribution in [-0.2, 0) is 11.3 Å². The van der Waals surface area contributed by atoms with Crippen LogP contribution in [0.2, 0.25) is 0 Å². The lowest BCUT2D eigenvalue weighted by atomic mass is 10.2. The van der Waals surface area contributed by atoms with Gasteiger partial charge in [-0.05, 0) is 26.3 Å². The fraction of sp³-hybridized carbons (Fsp3) is 0.769. The molecule has 102 valence electrons. The van der Waals surface area contributed by atoms with Crippen molar-refractivity contribution in [2.45, 2.75) is 32.4 Å². The van der Waals surface area contributed by atoms with E-state index in [0.29, 0.717) is 6.04 Å². The summed E-state index contributed by atoms with van der Waals surface area (Å²) in [5, 5.41) is 3.40. The van der Waals surface area contributed by atoms with E-state index in [1.165, 1.54) is 6.42 Å². The van der Waals surface area contributed by atoms with Crippen LogP contribution in [0.3, 0.4) is 0 Å². The maximum absolute atomic E-state index is 5.37. The van der Waals surface area contributed by atoms with Gasteiger partial charge in [0.25, 0.3) is 0 Å². The smallest absolute Gasteiger partial charge is 0.205 e. The molecule has 0 aliphatic carbocycles. The number of anilines is 1. The van der Waals surface area contributed by atoms with Gasteiger partial charge in [-0.15, -0.1) is 0 Å². The molecule has 0 aromatic carbocycles. The number of likely N-dealkylation sites (N-methyl/N-ethyl adjacent to an activating group) is 1. The van der Waals surface area contributed by atoms with Gasteiger partial charge in [-0.25, -0.2) is 4.98 Å². The Morgan fingerprint density at radius 2 is 2.50 bits per heavy atom. The summed E-state index contributed by atoms with van der Waals surface area (Å²) >= 11 is 0. The average molecular weight is 252 g/mol. The summed E-state index contributed by atoms with van der Waals surface area (Å²) in [4.78, 5) is 6.77. The maximum Gasteiger partial charge on any atom is 0.205 e. The minimum absolute atomic E-state index is 0.568. The van der Waals surface area contributed by atoms with Gasteiger partial charge in [0.05, 0.1) is 0 Å². The number of imidazole rings is 1. The molecule has 2 rings (SSSR count). The molecule has 0 saturated carbocycles. The highest BCUT2D eigenvalue weighted by Crippen LogP contribution is 2.16. The summed E-state index contributed by atoms with van der Waals surface area (Å²) in [5.74, 6) is 1.07. The fourth-order valence-electron chi connectivity index (χ4n) is 2.40. The first-order valence-corrected chi connectivity index (χ1v) is 6.85. The highest BCUT2D eigenvalue weighted by atomic mass is 16.5. The first-order valence-electron chi connectivity index (χ1n) is 6.85. The molecule has 5 heteroatoms. The van der Waals surface area contributed by atoms with Crippen molar-refractivity contribution in [1.82, 2.24) is 14.9 Å². The summed E-state index contributed by atoms with van der Waals surface area (Å²) in [5.41, 5.74) is 0. The van der Waals surface area contributed by atoms with Crippen LogP contribution in [-0.4, -0.2) is 48.9 Å². The molecular formula is C13H24N4O. The van der Waals surface area contributed by atoms with E-state index >= 15 is 0 Å². The Bertz CT molecular complexity index is 347. The van der Waals surface area contributed by atoms with E-state index in [2.05, 4.69) is 33.0 Å². The van der Waals surface area contributed by atoms with Gasteiger partial charge in [-0.3, -0.25) is 0 Å². The molecule has 18 heavy (non-hydrogen) atoms. The van der Waals surface area contributed by atoms with Crippen LogP contribution < -0.4 is 10.2 Å². The first kappa shape index (κ1) is 13.4. The van der Waals surface area contributed by atoms with Gasteiger partial charge in [-0.2, -0.15) is 0 Å². The summed E-state index contributed by atoms with van der Waals surface area (Å²) in [7, 11) is 2.14. The van der Waals surface area contributed by atoms with Crippen molar-refractivity contribution in [3.05, 3.63) is 12.4 Å². The molecular weight excluding hydrogens is 228 g/mol. The Morgan fingerprint density at radius 1 is 1.61 bits per heavy atom. The molecule has 0 spiro atoms. The molecule has 1 aromatic heterocycles. The summed E-state index contributed by atoms with van der Waals surface area (Å²) in [6, 6.07) is 0.568. The molecule has 1 fully saturated rings. The molecule has 0 bridgehead atoms. The number of hydrogen-bond donors (Lipinski definition) is 1. The molecule has 0 radical (unpaired) electrons. The molecule has 1 unspecified atom stereocenters. The van der Waals surface area contributed by atoms with Crippen molar-refractivity contribution >= 4 is 5.95 Å². The van der Waals surface area contributed by atoms with Gasteiger partial charge in [0, 0.05) is 51.8 Å². The maximum atomic E-state index is 5.37. The minimum atomic E-state index is 0.568. The van der Waals surface area contributed by atoms with Crippen molar-refractivity contribution in [2.24, 2.45) is 0 Å². The quantitative estimate of drug-likeness (QED) is 0.738. The molecule has 1 saturated heterocycles. The van der Waals surface area contributed by atoms with Gasteiger partial charge in [0.15, 0.2) is 0 Å². The van der Waals surface area contributed by atoms with Gasteiger partial charge in [-0.1, -0.05) is 0 Å². The van der Waals surface area contributed by atoms with Crippen LogP contribution >= 0.6 is 0 Å². The lowest BCUT2D eigenvalue weighted by Crippen LogP contribution is -2.35. The predicted octanol–water partition coefficient (Wildman–Crippen LogP) is 1.11. The van der Waals surface area contributed by atoms with Crippen molar-refractivity contribution in [2.75, 3.05) is 38.3 Å². The Kier molecular flexibility index (Phi) is 5.01. The number of aromatic nitrogens is 2. The van der Waals surface area contributed by atoms with Crippen molar-refractivity contribution in [3.63, 3.8) is 0 Å². The van der Waals surface area contributed by atoms with Gasteiger partial charge in [0.2, 0.25) is 5.95 Å². The van der Waals surface area contributed by atoms with Crippen LogP contribution in [0, 0.1) is 0 Å². The van der Waals surface area contributed by atoms with Crippen LogP contribution in [0.5, 0.6) is 0 Å². The zero-order valence-electron chi connectivity index (χ0n) is 11.4. The zero-order valence-corrected chi connectivity index (χ0v) is 11.4. The molecule has 1 aromatic rings. The number of aryl methyl sites for hydroxylation is 1. The van der Waals surface area contributed by atoms with Crippen LogP contribution in [0.25, 0.3) is 0 Å². The monoisotopic (exact) mass is 252 g/mol. The van der Waals surface area contributed by atoms with E-state index in [4.69, 9.17) is 4.74 Å². The molecule has 1 N–H and O–H groups in total. The number of nitrogens with zero attached hydrogens (tertiary/aromatic N) is 3. The SMILES string of the molecule is CCOCCCn1ccnc1N(C)C1CCNC1. The Labute approximate surface area is 109 Å². The minimum Gasteiger partial charge on any atom is -0.382 e. The second-order valence-corrected chi connectivity index (χ2v) is 4.73. The molecule has 1 aliphatic rings. The van der Waals surface area contributed by atoms with Crippen LogP contribution in [0.4, 0.5) is 5.95 Å². The zero-order chi connectivity index (χ0) is 12.8. The van der Waals surface area contributed by atoms with Gasteiger partial charge < -0.3 is 19.5 Å². The second kappa shape index (κ2) is 6.75. The van der Waals surface area contributed by atoms with Gasteiger partial charge >= 0.3 is 0 Å². The summed E-state index contributed by atoms with van der Waals surface area (Å²) < 4.78 is 7.59. The molecule has 0 amide bonds. The standard InChI is InChI=1S/C13H24N4O/c1-3-18-10-4-8-17-9-7-15-13(17)16(2)12-5-6-14-11-12/h7,9,12,14H,3-6,8,10-11H2,1-2H3. The highest BCUT2D eigenvalue weighted by molar-refractivity contribution is 5.32. The first-order chi connectivity index (χ1) is 8.83. The fourth-order valence-corrected chi connectivity index (χ4v) is 2.40. The van der Waals surface area contributed by atoms with E-state index in [1.807, 2.05) is 13.1 Å². The molecule has 2 heterocycles.